The predicted molar refractivity (Wildman–Crippen MR) is 195 cm³/mol. The molecule has 0 aromatic heterocycles. The molecule has 0 radical (unpaired) electrons. The van der Waals surface area contributed by atoms with Crippen LogP contribution in [0.25, 0.3) is 65.7 Å². The molecule has 8 rings (SSSR count). The Bertz CT molecular complexity index is 2250. The Hall–Kier alpha value is -5.86. The second kappa shape index (κ2) is 11.3. The summed E-state index contributed by atoms with van der Waals surface area (Å²) in [5.74, 6) is 0. The maximum atomic E-state index is 3.57. The van der Waals surface area contributed by atoms with E-state index in [0.29, 0.717) is 0 Å². The van der Waals surface area contributed by atoms with E-state index in [1.165, 1.54) is 65.7 Å². The molecule has 0 aliphatic rings. The smallest absolute Gasteiger partial charge is 0.0619 e. The van der Waals surface area contributed by atoms with Gasteiger partial charge in [-0.3, -0.25) is 0 Å². The Balaban J connectivity index is 1.24. The van der Waals surface area contributed by atoms with Crippen LogP contribution in [0.3, 0.4) is 0 Å². The molecule has 0 bridgehead atoms. The summed E-state index contributed by atoms with van der Waals surface area (Å²) in [5, 5.41) is 14.4. The molecule has 214 valence electrons. The maximum Gasteiger partial charge on any atom is 0.0619 e. The first-order chi connectivity index (χ1) is 22.3. The van der Waals surface area contributed by atoms with Gasteiger partial charge in [-0.05, 0) is 90.0 Å². The van der Waals surface area contributed by atoms with Gasteiger partial charge in [0, 0.05) is 12.7 Å². The van der Waals surface area contributed by atoms with Crippen molar-refractivity contribution in [3.8, 4) is 33.4 Å². The summed E-state index contributed by atoms with van der Waals surface area (Å²) in [5.41, 5.74) is 10.6. The van der Waals surface area contributed by atoms with Crippen LogP contribution >= 0.6 is 0 Å². The Labute approximate surface area is 263 Å². The lowest BCUT2D eigenvalue weighted by Gasteiger charge is -2.18. The molecule has 0 saturated carbocycles. The zero-order valence-electron chi connectivity index (χ0n) is 25.1. The molecule has 0 aliphatic carbocycles. The molecular weight excluding hydrogens is 544 g/mol. The fraction of sp³-hybridized carbons (Fsp3) is 0.0233. The van der Waals surface area contributed by atoms with Crippen molar-refractivity contribution in [3.05, 3.63) is 164 Å². The number of para-hydroxylation sites is 2. The van der Waals surface area contributed by atoms with Crippen LogP contribution in [0.1, 0.15) is 0 Å². The summed E-state index contributed by atoms with van der Waals surface area (Å²) in [4.78, 5) is 0. The van der Waals surface area contributed by atoms with Crippen LogP contribution in [0.15, 0.2) is 164 Å². The highest BCUT2D eigenvalue weighted by molar-refractivity contribution is 6.21. The first-order valence-electron chi connectivity index (χ1n) is 15.4. The normalized spacial score (nSPS) is 11.2. The SMILES string of the molecule is CNc1ccccc1Nc1ccc(-c2c3ccccc3c(-c3ccc(-c4cccc5ccccc45)cc3)c3ccccc23)cc1. The molecule has 0 amide bonds. The van der Waals surface area contributed by atoms with Gasteiger partial charge in [0.1, 0.15) is 0 Å². The van der Waals surface area contributed by atoms with E-state index < -0.39 is 0 Å². The summed E-state index contributed by atoms with van der Waals surface area (Å²) in [6.07, 6.45) is 0. The number of rotatable bonds is 6. The Morgan fingerprint density at radius 2 is 0.800 bits per heavy atom. The lowest BCUT2D eigenvalue weighted by atomic mass is 9.85. The molecule has 45 heavy (non-hydrogen) atoms. The van der Waals surface area contributed by atoms with E-state index in [1.54, 1.807) is 0 Å². The number of hydrogen-bond donors (Lipinski definition) is 2. The van der Waals surface area contributed by atoms with Gasteiger partial charge in [0.2, 0.25) is 0 Å². The van der Waals surface area contributed by atoms with Crippen molar-refractivity contribution in [3.63, 3.8) is 0 Å². The fourth-order valence-corrected chi connectivity index (χ4v) is 6.73. The van der Waals surface area contributed by atoms with E-state index in [4.69, 9.17) is 0 Å². The molecule has 2 heteroatoms. The standard InChI is InChI=1S/C43H32N2/c1-44-40-19-8-9-20-41(40)45-33-27-25-32(26-28-33)43-38-16-6-4-14-36(38)42(37-15-5-7-17-39(37)43)31-23-21-30(22-24-31)35-18-10-12-29-11-2-3-13-34(29)35/h2-28,44-45H,1H3. The highest BCUT2D eigenvalue weighted by Gasteiger charge is 2.17. The molecule has 0 aliphatic heterocycles. The van der Waals surface area contributed by atoms with E-state index in [1.807, 2.05) is 13.1 Å². The largest absolute Gasteiger partial charge is 0.386 e. The van der Waals surface area contributed by atoms with E-state index in [-0.39, 0.29) is 0 Å². The number of benzene rings is 8. The molecule has 8 aromatic rings. The molecule has 2 nitrogen and oxygen atoms in total. The molecule has 0 unspecified atom stereocenters. The van der Waals surface area contributed by atoms with Gasteiger partial charge in [0.25, 0.3) is 0 Å². The van der Waals surface area contributed by atoms with E-state index in [9.17, 15) is 0 Å². The minimum Gasteiger partial charge on any atom is -0.386 e. The Morgan fingerprint density at radius 1 is 0.356 bits per heavy atom. The van der Waals surface area contributed by atoms with Gasteiger partial charge >= 0.3 is 0 Å². The quantitative estimate of drug-likeness (QED) is 0.192. The third kappa shape index (κ3) is 4.77. The topological polar surface area (TPSA) is 24.1 Å². The summed E-state index contributed by atoms with van der Waals surface area (Å²) >= 11 is 0. The fourth-order valence-electron chi connectivity index (χ4n) is 6.73. The van der Waals surface area contributed by atoms with Gasteiger partial charge in [-0.2, -0.15) is 0 Å². The third-order valence-electron chi connectivity index (χ3n) is 8.85. The second-order valence-electron chi connectivity index (χ2n) is 11.4. The number of hydrogen-bond acceptors (Lipinski definition) is 2. The van der Waals surface area contributed by atoms with Gasteiger partial charge < -0.3 is 10.6 Å². The van der Waals surface area contributed by atoms with Crippen LogP contribution in [-0.4, -0.2) is 7.05 Å². The Kier molecular flexibility index (Phi) is 6.73. The highest BCUT2D eigenvalue weighted by atomic mass is 14.9. The molecule has 0 saturated heterocycles. The van der Waals surface area contributed by atoms with Crippen molar-refractivity contribution in [2.45, 2.75) is 0 Å². The molecular formula is C43H32N2. The zero-order chi connectivity index (χ0) is 30.2. The van der Waals surface area contributed by atoms with Crippen molar-refractivity contribution in [2.75, 3.05) is 17.7 Å². The maximum absolute atomic E-state index is 3.57. The minimum absolute atomic E-state index is 1.05. The first kappa shape index (κ1) is 26.7. The van der Waals surface area contributed by atoms with Crippen molar-refractivity contribution in [2.24, 2.45) is 0 Å². The molecule has 2 N–H and O–H groups in total. The highest BCUT2D eigenvalue weighted by Crippen LogP contribution is 2.44. The summed E-state index contributed by atoms with van der Waals surface area (Å²) in [6.45, 7) is 0. The van der Waals surface area contributed by atoms with Crippen LogP contribution in [0.2, 0.25) is 0 Å². The lowest BCUT2D eigenvalue weighted by Crippen LogP contribution is -1.96. The number of fused-ring (bicyclic) bond motifs is 3. The average Bonchev–Trinajstić information content (AvgIpc) is 3.11. The second-order valence-corrected chi connectivity index (χ2v) is 11.4. The van der Waals surface area contributed by atoms with Crippen molar-refractivity contribution in [1.82, 2.24) is 0 Å². The Morgan fingerprint density at radius 3 is 1.38 bits per heavy atom. The minimum atomic E-state index is 1.05. The van der Waals surface area contributed by atoms with Crippen LogP contribution < -0.4 is 10.6 Å². The zero-order valence-corrected chi connectivity index (χ0v) is 25.1. The third-order valence-corrected chi connectivity index (χ3v) is 8.85. The predicted octanol–water partition coefficient (Wildman–Crippen LogP) is 11.9. The average molecular weight is 577 g/mol. The van der Waals surface area contributed by atoms with E-state index in [0.717, 1.165) is 17.1 Å². The molecule has 0 heterocycles. The van der Waals surface area contributed by atoms with E-state index >= 15 is 0 Å². The van der Waals surface area contributed by atoms with Crippen molar-refractivity contribution in [1.29, 1.82) is 0 Å². The summed E-state index contributed by atoms with van der Waals surface area (Å²) < 4.78 is 0. The molecule has 8 aromatic carbocycles. The van der Waals surface area contributed by atoms with Gasteiger partial charge in [-0.15, -0.1) is 0 Å². The van der Waals surface area contributed by atoms with Crippen LogP contribution in [0.4, 0.5) is 17.1 Å². The van der Waals surface area contributed by atoms with Gasteiger partial charge in [0.05, 0.1) is 11.4 Å². The van der Waals surface area contributed by atoms with Crippen molar-refractivity contribution >= 4 is 49.4 Å². The number of anilines is 3. The van der Waals surface area contributed by atoms with Crippen LogP contribution in [0, 0.1) is 0 Å². The summed E-state index contributed by atoms with van der Waals surface area (Å²) in [7, 11) is 1.95. The van der Waals surface area contributed by atoms with Gasteiger partial charge in [-0.1, -0.05) is 140 Å². The molecule has 0 spiro atoms. The first-order valence-corrected chi connectivity index (χ1v) is 15.4. The number of nitrogens with one attached hydrogen (secondary N) is 2. The summed E-state index contributed by atoms with van der Waals surface area (Å²) in [6, 6.07) is 59.0. The monoisotopic (exact) mass is 576 g/mol. The lowest BCUT2D eigenvalue weighted by molar-refractivity contribution is 1.48. The van der Waals surface area contributed by atoms with Crippen LogP contribution in [0.5, 0.6) is 0 Å². The van der Waals surface area contributed by atoms with Crippen molar-refractivity contribution < 1.29 is 0 Å². The van der Waals surface area contributed by atoms with Gasteiger partial charge in [-0.25, -0.2) is 0 Å². The molecule has 0 fully saturated rings. The van der Waals surface area contributed by atoms with Gasteiger partial charge in [0.15, 0.2) is 0 Å². The van der Waals surface area contributed by atoms with Crippen LogP contribution in [-0.2, 0) is 0 Å². The van der Waals surface area contributed by atoms with E-state index in [2.05, 4.69) is 168 Å². The molecule has 0 atom stereocenters.